The summed E-state index contributed by atoms with van der Waals surface area (Å²) in [5, 5.41) is 0. The van der Waals surface area contributed by atoms with Crippen LogP contribution in [0.1, 0.15) is 67.3 Å². The number of hydrogen-bond acceptors (Lipinski definition) is 8. The Kier molecular flexibility index (Phi) is 9.68. The molecule has 2 aromatic rings. The van der Waals surface area contributed by atoms with Crippen LogP contribution in [0.4, 0.5) is 0 Å². The number of Topliss-reactive ketones (excluding diaryl/α,β-unsaturated/α-hetero) is 1. The number of benzene rings is 2. The zero-order valence-corrected chi connectivity index (χ0v) is 21.6. The second kappa shape index (κ2) is 12.2. The van der Waals surface area contributed by atoms with Crippen LogP contribution in [0.25, 0.3) is 0 Å². The first-order valence-electron chi connectivity index (χ1n) is 11.3. The maximum Gasteiger partial charge on any atom is 0.345 e. The summed E-state index contributed by atoms with van der Waals surface area (Å²) in [5.74, 6) is 0.0645. The van der Waals surface area contributed by atoms with Crippen molar-refractivity contribution in [3.8, 4) is 23.0 Å². The lowest BCUT2D eigenvalue weighted by Crippen LogP contribution is -2.15. The molecule has 0 aromatic heterocycles. The number of carbonyl (C=O) groups is 3. The van der Waals surface area contributed by atoms with Crippen LogP contribution < -0.4 is 14.2 Å². The number of esters is 2. The Morgan fingerprint density at radius 2 is 1.60 bits per heavy atom. The molecule has 0 saturated carbocycles. The lowest BCUT2D eigenvalue weighted by Gasteiger charge is -2.24. The van der Waals surface area contributed by atoms with Crippen LogP contribution in [0.15, 0.2) is 24.3 Å². The van der Waals surface area contributed by atoms with Gasteiger partial charge in [-0.15, -0.1) is 0 Å². The number of rotatable bonds is 11. The number of hydrogen-bond donors (Lipinski definition) is 0. The molecule has 2 rings (SSSR count). The molecule has 0 amide bonds. The van der Waals surface area contributed by atoms with Crippen LogP contribution in [0, 0.1) is 12.8 Å². The van der Waals surface area contributed by atoms with Crippen molar-refractivity contribution in [1.29, 1.82) is 0 Å². The predicted molar refractivity (Wildman–Crippen MR) is 130 cm³/mol. The maximum atomic E-state index is 12.9. The lowest BCUT2D eigenvalue weighted by molar-refractivity contribution is -0.147. The van der Waals surface area contributed by atoms with Crippen molar-refractivity contribution in [2.75, 3.05) is 21.3 Å². The fraction of sp³-hybridized carbons (Fsp3) is 0.444. The van der Waals surface area contributed by atoms with E-state index >= 15 is 0 Å². The Morgan fingerprint density at radius 1 is 0.914 bits per heavy atom. The van der Waals surface area contributed by atoms with E-state index in [1.165, 1.54) is 35.2 Å². The van der Waals surface area contributed by atoms with Gasteiger partial charge in [0.05, 0.1) is 21.3 Å². The summed E-state index contributed by atoms with van der Waals surface area (Å²) < 4.78 is 28.0. The summed E-state index contributed by atoms with van der Waals surface area (Å²) in [4.78, 5) is 36.6. The number of ether oxygens (including phenoxy) is 5. The molecule has 0 saturated heterocycles. The van der Waals surface area contributed by atoms with E-state index in [0.29, 0.717) is 29.0 Å². The summed E-state index contributed by atoms with van der Waals surface area (Å²) in [5.41, 5.74) is 2.06. The highest BCUT2D eigenvalue weighted by Crippen LogP contribution is 2.43. The molecule has 190 valence electrons. The Balaban J connectivity index is 2.74. The van der Waals surface area contributed by atoms with Gasteiger partial charge in [-0.05, 0) is 49.9 Å². The molecule has 1 atom stereocenters. The van der Waals surface area contributed by atoms with Gasteiger partial charge in [0.15, 0.2) is 11.5 Å². The average Bonchev–Trinajstić information content (AvgIpc) is 2.77. The van der Waals surface area contributed by atoms with Gasteiger partial charge >= 0.3 is 11.9 Å². The van der Waals surface area contributed by atoms with Gasteiger partial charge in [-0.2, -0.15) is 0 Å². The van der Waals surface area contributed by atoms with E-state index in [9.17, 15) is 14.4 Å². The molecule has 2 aromatic carbocycles. The number of methoxy groups -OCH3 is 3. The summed E-state index contributed by atoms with van der Waals surface area (Å²) >= 11 is 0. The molecule has 0 fully saturated rings. The normalized spacial score (nSPS) is 11.6. The van der Waals surface area contributed by atoms with E-state index in [-0.39, 0.29) is 35.2 Å². The SMILES string of the molecule is COC(=O)c1c(Oc2c(CC(C)=O)cc(C)cc2OC)ccc([C@@H](CC(C)C)OC(C)=O)c1OC. The zero-order valence-electron chi connectivity index (χ0n) is 21.6. The number of carbonyl (C=O) groups excluding carboxylic acids is 3. The Morgan fingerprint density at radius 3 is 2.11 bits per heavy atom. The smallest absolute Gasteiger partial charge is 0.345 e. The molecule has 8 heteroatoms. The van der Waals surface area contributed by atoms with E-state index in [4.69, 9.17) is 23.7 Å². The van der Waals surface area contributed by atoms with E-state index in [2.05, 4.69) is 0 Å². The molecule has 0 aliphatic carbocycles. The molecule has 8 nitrogen and oxygen atoms in total. The van der Waals surface area contributed by atoms with Crippen LogP contribution in [-0.4, -0.2) is 39.1 Å². The molecule has 0 N–H and O–H groups in total. The molecular formula is C27H34O8. The highest BCUT2D eigenvalue weighted by molar-refractivity contribution is 5.96. The van der Waals surface area contributed by atoms with Gasteiger partial charge in [0.1, 0.15) is 28.9 Å². The highest BCUT2D eigenvalue weighted by atomic mass is 16.5. The Labute approximate surface area is 206 Å². The second-order valence-electron chi connectivity index (χ2n) is 8.72. The van der Waals surface area contributed by atoms with Crippen molar-refractivity contribution in [2.45, 2.75) is 53.6 Å². The van der Waals surface area contributed by atoms with Crippen molar-refractivity contribution in [1.82, 2.24) is 0 Å². The quantitative estimate of drug-likeness (QED) is 0.391. The van der Waals surface area contributed by atoms with Crippen LogP contribution in [0.5, 0.6) is 23.0 Å². The van der Waals surface area contributed by atoms with E-state index in [1.807, 2.05) is 26.8 Å². The van der Waals surface area contributed by atoms with E-state index in [1.54, 1.807) is 18.2 Å². The third-order valence-corrected chi connectivity index (χ3v) is 5.23. The van der Waals surface area contributed by atoms with Crippen molar-refractivity contribution in [3.05, 3.63) is 46.5 Å². The second-order valence-corrected chi connectivity index (χ2v) is 8.72. The van der Waals surface area contributed by atoms with Gasteiger partial charge in [0.25, 0.3) is 0 Å². The van der Waals surface area contributed by atoms with Crippen LogP contribution in [0.2, 0.25) is 0 Å². The molecule has 0 spiro atoms. The molecular weight excluding hydrogens is 452 g/mol. The lowest BCUT2D eigenvalue weighted by atomic mass is 9.96. The van der Waals surface area contributed by atoms with Gasteiger partial charge in [0.2, 0.25) is 0 Å². The summed E-state index contributed by atoms with van der Waals surface area (Å²) in [6.45, 7) is 8.71. The minimum atomic E-state index is -0.691. The molecule has 0 heterocycles. The topological polar surface area (TPSA) is 97.4 Å². The van der Waals surface area contributed by atoms with E-state index in [0.717, 1.165) is 5.56 Å². The molecule has 0 aliphatic rings. The van der Waals surface area contributed by atoms with Crippen molar-refractivity contribution >= 4 is 17.7 Å². The summed E-state index contributed by atoms with van der Waals surface area (Å²) in [6, 6.07) is 6.91. The van der Waals surface area contributed by atoms with Gasteiger partial charge in [-0.25, -0.2) is 4.79 Å². The molecule has 0 bridgehead atoms. The first kappa shape index (κ1) is 27.7. The minimum Gasteiger partial charge on any atom is -0.495 e. The highest BCUT2D eigenvalue weighted by Gasteiger charge is 2.29. The Bertz CT molecular complexity index is 1090. The van der Waals surface area contributed by atoms with Crippen molar-refractivity contribution in [2.24, 2.45) is 5.92 Å². The fourth-order valence-corrected chi connectivity index (χ4v) is 3.89. The number of aryl methyl sites for hydroxylation is 1. The van der Waals surface area contributed by atoms with Crippen molar-refractivity contribution in [3.63, 3.8) is 0 Å². The van der Waals surface area contributed by atoms with Gasteiger partial charge in [-0.1, -0.05) is 19.9 Å². The molecule has 0 unspecified atom stereocenters. The minimum absolute atomic E-state index is 0.0322. The summed E-state index contributed by atoms with van der Waals surface area (Å²) in [6.07, 6.45) is 0.00627. The first-order valence-corrected chi connectivity index (χ1v) is 11.3. The standard InChI is InChI=1S/C27H34O8/c1-15(2)11-22(34-18(5)29)20-9-10-21(24(26(20)32-7)27(30)33-8)35-25-19(14-17(4)28)12-16(3)13-23(25)31-6/h9-10,12-13,15,22H,11,14H2,1-8H3/t22-/m1/s1. The third-order valence-electron chi connectivity index (χ3n) is 5.23. The summed E-state index contributed by atoms with van der Waals surface area (Å²) in [7, 11) is 4.17. The van der Waals surface area contributed by atoms with Gasteiger partial charge < -0.3 is 23.7 Å². The zero-order chi connectivity index (χ0) is 26.3. The predicted octanol–water partition coefficient (Wildman–Crippen LogP) is 5.37. The fourth-order valence-electron chi connectivity index (χ4n) is 3.89. The largest absolute Gasteiger partial charge is 0.495 e. The first-order chi connectivity index (χ1) is 16.5. The monoisotopic (exact) mass is 486 g/mol. The molecule has 0 aliphatic heterocycles. The van der Waals surface area contributed by atoms with E-state index < -0.39 is 18.0 Å². The number of ketones is 1. The van der Waals surface area contributed by atoms with Gasteiger partial charge in [0, 0.05) is 24.5 Å². The Hall–Kier alpha value is -3.55. The average molecular weight is 487 g/mol. The van der Waals surface area contributed by atoms with Crippen LogP contribution >= 0.6 is 0 Å². The van der Waals surface area contributed by atoms with Crippen molar-refractivity contribution < 1.29 is 38.1 Å². The molecule has 35 heavy (non-hydrogen) atoms. The molecule has 0 radical (unpaired) electrons. The van der Waals surface area contributed by atoms with Crippen LogP contribution in [-0.2, 0) is 25.5 Å². The van der Waals surface area contributed by atoms with Gasteiger partial charge in [-0.3, -0.25) is 9.59 Å². The third kappa shape index (κ3) is 6.97. The maximum absolute atomic E-state index is 12.9. The van der Waals surface area contributed by atoms with Crippen LogP contribution in [0.3, 0.4) is 0 Å².